The Morgan fingerprint density at radius 2 is 1.81 bits per heavy atom. The van der Waals surface area contributed by atoms with Crippen molar-refractivity contribution in [2.75, 3.05) is 5.73 Å². The number of alkyl halides is 3. The quantitative estimate of drug-likeness (QED) is 0.877. The standard InChI is InChI=1S/C16H15F3N2/c17-16(18,19)11-8-14(21-15(20)9-11)13-7-2-1-6-12(13)10-4-3-5-10/h1-2,6-10H,3-5H2,(H2,20,21). The molecule has 1 aliphatic rings. The van der Waals surface area contributed by atoms with Crippen molar-refractivity contribution in [3.05, 3.63) is 47.5 Å². The Morgan fingerprint density at radius 3 is 2.43 bits per heavy atom. The van der Waals surface area contributed by atoms with Gasteiger partial charge in [0, 0.05) is 5.56 Å². The number of hydrogen-bond acceptors (Lipinski definition) is 2. The SMILES string of the molecule is Nc1cc(C(F)(F)F)cc(-c2ccccc2C2CCC2)n1. The summed E-state index contributed by atoms with van der Waals surface area (Å²) in [6.07, 6.45) is -1.11. The van der Waals surface area contributed by atoms with Gasteiger partial charge in [-0.3, -0.25) is 0 Å². The third kappa shape index (κ3) is 2.73. The third-order valence-corrected chi connectivity index (χ3v) is 3.95. The highest BCUT2D eigenvalue weighted by Gasteiger charge is 2.32. The first-order chi connectivity index (χ1) is 9.95. The summed E-state index contributed by atoms with van der Waals surface area (Å²) in [5.74, 6) is 0.307. The Balaban J connectivity index is 2.10. The molecule has 2 nitrogen and oxygen atoms in total. The van der Waals surface area contributed by atoms with Crippen molar-refractivity contribution in [3.8, 4) is 11.3 Å². The van der Waals surface area contributed by atoms with E-state index in [1.807, 2.05) is 24.3 Å². The highest BCUT2D eigenvalue weighted by atomic mass is 19.4. The van der Waals surface area contributed by atoms with Crippen LogP contribution in [-0.2, 0) is 6.18 Å². The van der Waals surface area contributed by atoms with Crippen LogP contribution in [0.3, 0.4) is 0 Å². The number of halogens is 3. The summed E-state index contributed by atoms with van der Waals surface area (Å²) < 4.78 is 38.8. The predicted molar refractivity (Wildman–Crippen MR) is 75.7 cm³/mol. The van der Waals surface area contributed by atoms with E-state index in [0.717, 1.165) is 42.5 Å². The first kappa shape index (κ1) is 13.9. The first-order valence-electron chi connectivity index (χ1n) is 6.89. The molecule has 0 unspecified atom stereocenters. The molecule has 1 aromatic carbocycles. The van der Waals surface area contributed by atoms with E-state index in [2.05, 4.69) is 4.98 Å². The van der Waals surface area contributed by atoms with Crippen LogP contribution in [0, 0.1) is 0 Å². The van der Waals surface area contributed by atoms with Gasteiger partial charge in [-0.1, -0.05) is 30.7 Å². The number of benzene rings is 1. The molecule has 1 aliphatic carbocycles. The number of nitrogens with two attached hydrogens (primary N) is 1. The van der Waals surface area contributed by atoms with Crippen LogP contribution in [0.2, 0.25) is 0 Å². The molecule has 3 rings (SSSR count). The Bertz CT molecular complexity index is 661. The number of anilines is 1. The van der Waals surface area contributed by atoms with Gasteiger partial charge in [0.2, 0.25) is 0 Å². The van der Waals surface area contributed by atoms with E-state index in [1.54, 1.807) is 0 Å². The van der Waals surface area contributed by atoms with Gasteiger partial charge in [-0.2, -0.15) is 13.2 Å². The summed E-state index contributed by atoms with van der Waals surface area (Å²) in [5, 5.41) is 0. The van der Waals surface area contributed by atoms with Crippen molar-refractivity contribution in [2.24, 2.45) is 0 Å². The topological polar surface area (TPSA) is 38.9 Å². The molecule has 1 saturated carbocycles. The molecule has 0 aliphatic heterocycles. The minimum absolute atomic E-state index is 0.108. The molecule has 0 spiro atoms. The summed E-state index contributed by atoms with van der Waals surface area (Å²) in [4.78, 5) is 4.10. The van der Waals surface area contributed by atoms with Crippen LogP contribution in [0.5, 0.6) is 0 Å². The van der Waals surface area contributed by atoms with Gasteiger partial charge in [0.1, 0.15) is 5.82 Å². The summed E-state index contributed by atoms with van der Waals surface area (Å²) in [6.45, 7) is 0. The lowest BCUT2D eigenvalue weighted by molar-refractivity contribution is -0.137. The van der Waals surface area contributed by atoms with E-state index in [4.69, 9.17) is 5.73 Å². The minimum atomic E-state index is -4.42. The first-order valence-corrected chi connectivity index (χ1v) is 6.89. The van der Waals surface area contributed by atoms with E-state index < -0.39 is 11.7 Å². The fraction of sp³-hybridized carbons (Fsp3) is 0.312. The van der Waals surface area contributed by atoms with Gasteiger partial charge >= 0.3 is 6.18 Å². The lowest BCUT2D eigenvalue weighted by atomic mass is 9.77. The lowest BCUT2D eigenvalue weighted by Gasteiger charge is -2.28. The van der Waals surface area contributed by atoms with Crippen LogP contribution in [0.15, 0.2) is 36.4 Å². The molecule has 1 aromatic heterocycles. The predicted octanol–water partition coefficient (Wildman–Crippen LogP) is 4.62. The summed E-state index contributed by atoms with van der Waals surface area (Å²) in [6, 6.07) is 9.46. The van der Waals surface area contributed by atoms with Crippen molar-refractivity contribution >= 4 is 5.82 Å². The monoisotopic (exact) mass is 292 g/mol. The Morgan fingerprint density at radius 1 is 1.10 bits per heavy atom. The molecule has 2 N–H and O–H groups in total. The third-order valence-electron chi connectivity index (χ3n) is 3.95. The van der Waals surface area contributed by atoms with Crippen molar-refractivity contribution in [3.63, 3.8) is 0 Å². The Kier molecular flexibility index (Phi) is 3.35. The number of aromatic nitrogens is 1. The number of hydrogen-bond donors (Lipinski definition) is 1. The normalized spacial score (nSPS) is 15.8. The zero-order chi connectivity index (χ0) is 15.0. The fourth-order valence-corrected chi connectivity index (χ4v) is 2.66. The van der Waals surface area contributed by atoms with Gasteiger partial charge in [-0.25, -0.2) is 4.98 Å². The van der Waals surface area contributed by atoms with Gasteiger partial charge < -0.3 is 5.73 Å². The van der Waals surface area contributed by atoms with Gasteiger partial charge in [0.15, 0.2) is 0 Å². The number of nitrogens with zero attached hydrogens (tertiary/aromatic N) is 1. The van der Waals surface area contributed by atoms with Crippen LogP contribution in [-0.4, -0.2) is 4.98 Å². The molecule has 0 bridgehead atoms. The van der Waals surface area contributed by atoms with Gasteiger partial charge in [-0.15, -0.1) is 0 Å². The second-order valence-corrected chi connectivity index (χ2v) is 5.38. The molecule has 110 valence electrons. The maximum absolute atomic E-state index is 12.9. The minimum Gasteiger partial charge on any atom is -0.384 e. The summed E-state index contributed by atoms with van der Waals surface area (Å²) in [5.41, 5.74) is 6.91. The number of nitrogen functional groups attached to an aromatic ring is 1. The molecular weight excluding hydrogens is 277 g/mol. The van der Waals surface area contributed by atoms with Crippen LogP contribution in [0.1, 0.15) is 36.3 Å². The summed E-state index contributed by atoms with van der Waals surface area (Å²) >= 11 is 0. The van der Waals surface area contributed by atoms with Crippen molar-refractivity contribution in [1.82, 2.24) is 4.98 Å². The molecular formula is C16H15F3N2. The van der Waals surface area contributed by atoms with E-state index in [0.29, 0.717) is 11.6 Å². The average molecular weight is 292 g/mol. The van der Waals surface area contributed by atoms with E-state index in [-0.39, 0.29) is 5.82 Å². The van der Waals surface area contributed by atoms with E-state index >= 15 is 0 Å². The lowest BCUT2D eigenvalue weighted by Crippen LogP contribution is -2.11. The van der Waals surface area contributed by atoms with Gasteiger partial charge in [0.25, 0.3) is 0 Å². The second kappa shape index (κ2) is 5.06. The molecule has 5 heteroatoms. The highest BCUT2D eigenvalue weighted by Crippen LogP contribution is 2.41. The molecule has 0 atom stereocenters. The van der Waals surface area contributed by atoms with Gasteiger partial charge in [-0.05, 0) is 36.5 Å². The van der Waals surface area contributed by atoms with E-state index in [9.17, 15) is 13.2 Å². The van der Waals surface area contributed by atoms with Crippen molar-refractivity contribution in [1.29, 1.82) is 0 Å². The van der Waals surface area contributed by atoms with Gasteiger partial charge in [0.05, 0.1) is 11.3 Å². The Labute approximate surface area is 120 Å². The molecule has 1 fully saturated rings. The van der Waals surface area contributed by atoms with Crippen LogP contribution in [0.25, 0.3) is 11.3 Å². The maximum atomic E-state index is 12.9. The van der Waals surface area contributed by atoms with Crippen LogP contribution < -0.4 is 5.73 Å². The number of rotatable bonds is 2. The zero-order valence-electron chi connectivity index (χ0n) is 11.3. The zero-order valence-corrected chi connectivity index (χ0v) is 11.3. The Hall–Kier alpha value is -2.04. The molecule has 0 amide bonds. The summed E-state index contributed by atoms with van der Waals surface area (Å²) in [7, 11) is 0. The van der Waals surface area contributed by atoms with Crippen molar-refractivity contribution in [2.45, 2.75) is 31.4 Å². The molecule has 2 aromatic rings. The number of pyridine rings is 1. The molecule has 0 radical (unpaired) electrons. The van der Waals surface area contributed by atoms with Crippen LogP contribution >= 0.6 is 0 Å². The smallest absolute Gasteiger partial charge is 0.384 e. The molecule has 21 heavy (non-hydrogen) atoms. The largest absolute Gasteiger partial charge is 0.416 e. The fourth-order valence-electron chi connectivity index (χ4n) is 2.66. The highest BCUT2D eigenvalue weighted by molar-refractivity contribution is 5.67. The van der Waals surface area contributed by atoms with E-state index in [1.165, 1.54) is 0 Å². The molecule has 0 saturated heterocycles. The molecule has 1 heterocycles. The average Bonchev–Trinajstić information content (AvgIpc) is 2.35. The second-order valence-electron chi connectivity index (χ2n) is 5.38. The van der Waals surface area contributed by atoms with Crippen molar-refractivity contribution < 1.29 is 13.2 Å². The maximum Gasteiger partial charge on any atom is 0.416 e. The van der Waals surface area contributed by atoms with Crippen LogP contribution in [0.4, 0.5) is 19.0 Å².